The van der Waals surface area contributed by atoms with Crippen LogP contribution >= 0.6 is 0 Å². The van der Waals surface area contributed by atoms with Crippen molar-refractivity contribution in [1.29, 1.82) is 0 Å². The molecule has 2 aliphatic carbocycles. The number of carbonyl (C=O) groups is 1. The number of cyclic esters (lactones) is 1. The highest BCUT2D eigenvalue weighted by molar-refractivity contribution is 5.85. The number of allylic oxidation sites excluding steroid dienone is 3. The molecule has 2 N–H and O–H groups in total. The van der Waals surface area contributed by atoms with E-state index in [4.69, 9.17) is 4.74 Å². The highest BCUT2D eigenvalue weighted by Crippen LogP contribution is 2.59. The van der Waals surface area contributed by atoms with Crippen LogP contribution in [-0.2, 0) is 9.53 Å². The molecular weight excluding hydrogens is 364 g/mol. The Labute approximate surface area is 175 Å². The number of hydrogen-bond acceptors (Lipinski definition) is 4. The van der Waals surface area contributed by atoms with Crippen molar-refractivity contribution in [1.82, 2.24) is 0 Å². The molecular formula is C25H38O4. The van der Waals surface area contributed by atoms with Crippen LogP contribution < -0.4 is 0 Å². The van der Waals surface area contributed by atoms with Crippen LogP contribution in [0.1, 0.15) is 79.1 Å². The Bertz CT molecular complexity index is 720. The summed E-state index contributed by atoms with van der Waals surface area (Å²) in [5.41, 5.74) is 3.27. The number of fused-ring (bicyclic) bond motifs is 1. The van der Waals surface area contributed by atoms with Gasteiger partial charge in [0.2, 0.25) is 6.29 Å². The van der Waals surface area contributed by atoms with E-state index in [1.165, 1.54) is 37.3 Å². The van der Waals surface area contributed by atoms with E-state index in [1.807, 2.05) is 0 Å². The van der Waals surface area contributed by atoms with Crippen LogP contribution in [0, 0.1) is 22.7 Å². The SMILES string of the molecule is C=C(C)CCC[C@]1(C)CCC[C@H]2C1=CC[C@H](C)[C@]2(C)C[C@H](O)C1=CC(=O)O[C@@H]1O. The van der Waals surface area contributed by atoms with Gasteiger partial charge in [-0.05, 0) is 74.5 Å². The van der Waals surface area contributed by atoms with Crippen LogP contribution in [0.15, 0.2) is 35.5 Å². The monoisotopic (exact) mass is 402 g/mol. The number of rotatable bonds is 7. The minimum atomic E-state index is -1.31. The van der Waals surface area contributed by atoms with Crippen molar-refractivity contribution in [2.24, 2.45) is 22.7 Å². The summed E-state index contributed by atoms with van der Waals surface area (Å²) < 4.78 is 4.79. The van der Waals surface area contributed by atoms with Gasteiger partial charge in [-0.3, -0.25) is 0 Å². The zero-order valence-corrected chi connectivity index (χ0v) is 18.5. The van der Waals surface area contributed by atoms with Gasteiger partial charge in [0.1, 0.15) is 0 Å². The first-order valence-corrected chi connectivity index (χ1v) is 11.2. The predicted molar refractivity (Wildman–Crippen MR) is 115 cm³/mol. The van der Waals surface area contributed by atoms with Gasteiger partial charge in [-0.25, -0.2) is 4.79 Å². The molecule has 3 rings (SSSR count). The molecule has 0 unspecified atom stereocenters. The van der Waals surface area contributed by atoms with E-state index in [0.717, 1.165) is 19.3 Å². The number of aliphatic hydroxyl groups excluding tert-OH is 2. The molecule has 0 amide bonds. The molecule has 6 atom stereocenters. The summed E-state index contributed by atoms with van der Waals surface area (Å²) in [5.74, 6) is 0.288. The first-order chi connectivity index (χ1) is 13.6. The Morgan fingerprint density at radius 2 is 2.14 bits per heavy atom. The highest BCUT2D eigenvalue weighted by Gasteiger charge is 2.50. The fraction of sp³-hybridized carbons (Fsp3) is 0.720. The number of aliphatic hydroxyl groups is 2. The Morgan fingerprint density at radius 3 is 2.76 bits per heavy atom. The molecule has 1 saturated carbocycles. The quantitative estimate of drug-likeness (QED) is 0.461. The van der Waals surface area contributed by atoms with Crippen LogP contribution in [0.2, 0.25) is 0 Å². The Hall–Kier alpha value is -1.39. The minimum Gasteiger partial charge on any atom is -0.429 e. The Balaban J connectivity index is 1.81. The van der Waals surface area contributed by atoms with E-state index >= 15 is 0 Å². The molecule has 0 bridgehead atoms. The van der Waals surface area contributed by atoms with Crippen molar-refractivity contribution in [3.8, 4) is 0 Å². The van der Waals surface area contributed by atoms with Gasteiger partial charge in [0.05, 0.1) is 6.10 Å². The second-order valence-corrected chi connectivity index (χ2v) is 10.3. The standard InChI is InChI=1S/C25H38O4/c1-16(2)8-6-12-24(4)13-7-9-20-19(24)11-10-17(3)25(20,5)15-21(26)18-14-22(27)29-23(18)28/h11,14,17,20-21,23,26,28H,1,6-10,12-13,15H2,2-5H3/t17-,20-,21-,23-,24+,25-/m0/s1. The molecule has 0 spiro atoms. The molecule has 162 valence electrons. The maximum atomic E-state index is 11.5. The Kier molecular flexibility index (Phi) is 6.45. The van der Waals surface area contributed by atoms with E-state index < -0.39 is 18.4 Å². The van der Waals surface area contributed by atoms with Crippen molar-refractivity contribution in [2.75, 3.05) is 0 Å². The topological polar surface area (TPSA) is 66.8 Å². The van der Waals surface area contributed by atoms with E-state index in [-0.39, 0.29) is 10.8 Å². The third-order valence-electron chi connectivity index (χ3n) is 8.05. The zero-order valence-electron chi connectivity index (χ0n) is 18.5. The number of esters is 1. The molecule has 1 fully saturated rings. The molecule has 0 aromatic carbocycles. The third kappa shape index (κ3) is 4.39. The maximum absolute atomic E-state index is 11.5. The largest absolute Gasteiger partial charge is 0.429 e. The maximum Gasteiger partial charge on any atom is 0.333 e. The summed E-state index contributed by atoms with van der Waals surface area (Å²) in [6.07, 6.45) is 10.1. The lowest BCUT2D eigenvalue weighted by Gasteiger charge is -2.54. The summed E-state index contributed by atoms with van der Waals surface area (Å²) in [7, 11) is 0. The fourth-order valence-electron chi connectivity index (χ4n) is 6.01. The Morgan fingerprint density at radius 1 is 1.41 bits per heavy atom. The molecule has 0 saturated heterocycles. The lowest BCUT2D eigenvalue weighted by Crippen LogP contribution is -2.46. The third-order valence-corrected chi connectivity index (χ3v) is 8.05. The second-order valence-electron chi connectivity index (χ2n) is 10.3. The average molecular weight is 403 g/mol. The van der Waals surface area contributed by atoms with Gasteiger partial charge in [-0.1, -0.05) is 44.4 Å². The van der Waals surface area contributed by atoms with Gasteiger partial charge in [-0.2, -0.15) is 0 Å². The number of ether oxygens (including phenoxy) is 1. The molecule has 0 radical (unpaired) electrons. The normalized spacial score (nSPS) is 38.0. The lowest BCUT2D eigenvalue weighted by molar-refractivity contribution is -0.152. The molecule has 4 nitrogen and oxygen atoms in total. The van der Waals surface area contributed by atoms with Gasteiger partial charge < -0.3 is 14.9 Å². The van der Waals surface area contributed by atoms with Crippen molar-refractivity contribution >= 4 is 5.97 Å². The number of carbonyl (C=O) groups excluding carboxylic acids is 1. The minimum absolute atomic E-state index is 0.0776. The molecule has 0 aromatic heterocycles. The molecule has 29 heavy (non-hydrogen) atoms. The van der Waals surface area contributed by atoms with E-state index in [0.29, 0.717) is 23.8 Å². The first kappa shape index (κ1) is 22.3. The van der Waals surface area contributed by atoms with E-state index in [1.54, 1.807) is 5.57 Å². The molecule has 3 aliphatic rings. The summed E-state index contributed by atoms with van der Waals surface area (Å²) in [6, 6.07) is 0. The van der Waals surface area contributed by atoms with Crippen molar-refractivity contribution in [3.05, 3.63) is 35.5 Å². The predicted octanol–water partition coefficient (Wildman–Crippen LogP) is 5.06. The van der Waals surface area contributed by atoms with Crippen LogP contribution in [0.25, 0.3) is 0 Å². The number of hydrogen-bond donors (Lipinski definition) is 2. The average Bonchev–Trinajstić information content (AvgIpc) is 2.97. The molecule has 1 heterocycles. The van der Waals surface area contributed by atoms with Gasteiger partial charge in [-0.15, -0.1) is 6.58 Å². The second kappa shape index (κ2) is 8.39. The summed E-state index contributed by atoms with van der Waals surface area (Å²) in [4.78, 5) is 11.5. The van der Waals surface area contributed by atoms with Crippen molar-refractivity contribution in [3.63, 3.8) is 0 Å². The summed E-state index contributed by atoms with van der Waals surface area (Å²) in [6.45, 7) is 13.1. The van der Waals surface area contributed by atoms with Gasteiger partial charge in [0, 0.05) is 11.6 Å². The van der Waals surface area contributed by atoms with Crippen molar-refractivity contribution < 1.29 is 19.7 Å². The van der Waals surface area contributed by atoms with Crippen LogP contribution in [0.4, 0.5) is 0 Å². The summed E-state index contributed by atoms with van der Waals surface area (Å²) in [5, 5.41) is 20.9. The highest BCUT2D eigenvalue weighted by atomic mass is 16.6. The smallest absolute Gasteiger partial charge is 0.333 e. The van der Waals surface area contributed by atoms with Crippen molar-refractivity contribution in [2.45, 2.75) is 91.5 Å². The molecule has 0 aromatic rings. The van der Waals surface area contributed by atoms with E-state index in [2.05, 4.69) is 40.3 Å². The van der Waals surface area contributed by atoms with Gasteiger partial charge in [0.25, 0.3) is 0 Å². The lowest BCUT2D eigenvalue weighted by atomic mass is 9.50. The van der Waals surface area contributed by atoms with Crippen LogP contribution in [0.5, 0.6) is 0 Å². The van der Waals surface area contributed by atoms with Gasteiger partial charge in [0.15, 0.2) is 0 Å². The van der Waals surface area contributed by atoms with Gasteiger partial charge >= 0.3 is 5.97 Å². The zero-order chi connectivity index (χ0) is 21.4. The van der Waals surface area contributed by atoms with Crippen LogP contribution in [0.3, 0.4) is 0 Å². The summed E-state index contributed by atoms with van der Waals surface area (Å²) >= 11 is 0. The fourth-order valence-corrected chi connectivity index (χ4v) is 6.01. The molecule has 1 aliphatic heterocycles. The molecule has 4 heteroatoms. The van der Waals surface area contributed by atoms with E-state index in [9.17, 15) is 15.0 Å². The first-order valence-electron chi connectivity index (χ1n) is 11.2. The van der Waals surface area contributed by atoms with Crippen LogP contribution in [-0.4, -0.2) is 28.6 Å².